The highest BCUT2D eigenvalue weighted by Crippen LogP contribution is 2.62. The summed E-state index contributed by atoms with van der Waals surface area (Å²) in [7, 11) is -10.00. The van der Waals surface area contributed by atoms with Gasteiger partial charge in [0.1, 0.15) is 0 Å². The molecule has 0 heterocycles. The van der Waals surface area contributed by atoms with Crippen molar-refractivity contribution in [2.45, 2.75) is 47.7 Å². The van der Waals surface area contributed by atoms with Gasteiger partial charge in [-0.3, -0.25) is 4.43 Å². The first-order valence-electron chi connectivity index (χ1n) is 5.94. The second kappa shape index (κ2) is 6.89. The van der Waals surface area contributed by atoms with Crippen LogP contribution in [0.25, 0.3) is 0 Å². The van der Waals surface area contributed by atoms with Gasteiger partial charge in [0, 0.05) is 0 Å². The molecular weight excluding hydrogens is 520 g/mol. The van der Waals surface area contributed by atoms with E-state index in [-0.39, 0.29) is 0 Å². The highest BCUT2D eigenvalue weighted by molar-refractivity contribution is 6.62. The van der Waals surface area contributed by atoms with Crippen LogP contribution in [0.5, 0.6) is 0 Å². The van der Waals surface area contributed by atoms with Gasteiger partial charge in [-0.15, -0.1) is 0 Å². The van der Waals surface area contributed by atoms with Crippen LogP contribution in [0.4, 0.5) is 87.2 Å². The second-order valence-corrected chi connectivity index (χ2v) is 6.87. The number of halogens is 20. The van der Waals surface area contributed by atoms with Crippen molar-refractivity contribution in [2.75, 3.05) is 0 Å². The summed E-state index contributed by atoms with van der Waals surface area (Å²) in [5, 5.41) is 0. The van der Waals surface area contributed by atoms with Crippen LogP contribution in [0.1, 0.15) is 0 Å². The molecule has 0 fully saturated rings. The van der Waals surface area contributed by atoms with E-state index < -0.39 is 56.7 Å². The average molecular weight is 520 g/mol. The second-order valence-electron chi connectivity index (χ2n) is 5.00. The molecule has 0 N–H and O–H groups in total. The normalized spacial score (nSPS) is 16.8. The maximum absolute atomic E-state index is 13.0. The highest BCUT2D eigenvalue weighted by atomic mass is 28.4. The van der Waals surface area contributed by atoms with E-state index in [0.29, 0.717) is 0 Å². The maximum Gasteiger partial charge on any atom is 0.663 e. The van der Waals surface area contributed by atoms with Crippen molar-refractivity contribution in [3.8, 4) is 0 Å². The molecule has 0 aromatic rings. The molecule has 0 rings (SSSR count). The van der Waals surface area contributed by atoms with Gasteiger partial charge >= 0.3 is 56.7 Å². The smallest absolute Gasteiger partial charge is 0.296 e. The van der Waals surface area contributed by atoms with Crippen LogP contribution >= 0.6 is 0 Å². The fraction of sp³-hybridized carbons (Fsp3) is 1.00. The lowest BCUT2D eigenvalue weighted by atomic mass is 9.98. The van der Waals surface area contributed by atoms with Crippen LogP contribution in [0, 0.1) is 0 Å². The van der Waals surface area contributed by atoms with Crippen LogP contribution in [0.15, 0.2) is 0 Å². The maximum atomic E-state index is 13.0. The van der Waals surface area contributed by atoms with E-state index in [2.05, 4.69) is 0 Å². The Kier molecular flexibility index (Phi) is 6.61. The van der Waals surface area contributed by atoms with Crippen molar-refractivity contribution >= 4 is 8.99 Å². The zero-order valence-corrected chi connectivity index (χ0v) is 13.5. The van der Waals surface area contributed by atoms with Gasteiger partial charge in [0.25, 0.3) is 0 Å². The number of alkyl halides is 18. The van der Waals surface area contributed by atoms with Crippen molar-refractivity contribution < 1.29 is 91.7 Å². The molecular formula is C8F20OSi. The largest absolute Gasteiger partial charge is 0.663 e. The molecule has 22 heteroatoms. The summed E-state index contributed by atoms with van der Waals surface area (Å²) in [5.74, 6) is -34.6. The summed E-state index contributed by atoms with van der Waals surface area (Å²) in [6, 6.07) is 0. The minimum atomic E-state index is -10.00. The van der Waals surface area contributed by atoms with E-state index in [1.54, 1.807) is 0 Å². The third-order valence-electron chi connectivity index (χ3n) is 2.89. The third-order valence-corrected chi connectivity index (χ3v) is 4.44. The number of hydrogen-bond donors (Lipinski definition) is 0. The van der Waals surface area contributed by atoms with Gasteiger partial charge in [-0.2, -0.15) is 79.0 Å². The van der Waals surface area contributed by atoms with Crippen molar-refractivity contribution in [1.29, 1.82) is 0 Å². The van der Waals surface area contributed by atoms with Gasteiger partial charge in [0.05, 0.1) is 0 Å². The first-order chi connectivity index (χ1) is 12.5. The predicted octanol–water partition coefficient (Wildman–Crippen LogP) is 6.31. The molecule has 0 unspecified atom stereocenters. The molecule has 0 saturated heterocycles. The van der Waals surface area contributed by atoms with Crippen LogP contribution in [-0.2, 0) is 4.43 Å². The Morgan fingerprint density at radius 2 is 0.700 bits per heavy atom. The zero-order valence-electron chi connectivity index (χ0n) is 12.5. The quantitative estimate of drug-likeness (QED) is 0.217. The molecule has 0 aromatic carbocycles. The van der Waals surface area contributed by atoms with Crippen molar-refractivity contribution in [1.82, 2.24) is 0 Å². The van der Waals surface area contributed by atoms with E-state index in [1.807, 2.05) is 0 Å². The summed E-state index contributed by atoms with van der Waals surface area (Å²) >= 11 is 0. The molecule has 30 heavy (non-hydrogen) atoms. The van der Waals surface area contributed by atoms with Gasteiger partial charge in [-0.25, -0.2) is 8.22 Å². The summed E-state index contributed by atoms with van der Waals surface area (Å²) < 4.78 is 250. The molecule has 0 aliphatic rings. The minimum Gasteiger partial charge on any atom is -0.296 e. The van der Waals surface area contributed by atoms with Crippen LogP contribution in [-0.4, -0.2) is 56.7 Å². The Balaban J connectivity index is 6.56. The van der Waals surface area contributed by atoms with E-state index in [0.717, 1.165) is 4.43 Å². The molecule has 0 bridgehead atoms. The first kappa shape index (κ1) is 28.8. The first-order valence-corrected chi connectivity index (χ1v) is 7.60. The Bertz CT molecular complexity index is 626. The summed E-state index contributed by atoms with van der Waals surface area (Å²) in [6.45, 7) is 0. The standard InChI is InChI=1S/C8F20OSi/c9-1(10,3(13,14)5(17,18)19)2(11,12)4(15,16)8(25,26)30(27,28)29-7(23,24)6(20,21)22. The summed E-state index contributed by atoms with van der Waals surface area (Å²) in [6.07, 6.45) is -22.8. The Labute approximate surface area is 150 Å². The van der Waals surface area contributed by atoms with E-state index in [9.17, 15) is 87.2 Å². The van der Waals surface area contributed by atoms with E-state index in [4.69, 9.17) is 0 Å². The summed E-state index contributed by atoms with van der Waals surface area (Å²) in [4.78, 5) is 0. The predicted molar refractivity (Wildman–Crippen MR) is 50.8 cm³/mol. The molecule has 0 amide bonds. The molecule has 0 saturated carbocycles. The fourth-order valence-electron chi connectivity index (χ4n) is 1.24. The molecule has 0 radical (unpaired) electrons. The SMILES string of the molecule is FC(F)(F)C(F)(F)O[Si](F)(F)C(F)(F)C(F)(F)C(F)(F)C(F)(F)C(F)(F)C(F)(F)F. The molecule has 0 aliphatic heterocycles. The van der Waals surface area contributed by atoms with Gasteiger partial charge < -0.3 is 0 Å². The van der Waals surface area contributed by atoms with E-state index in [1.165, 1.54) is 0 Å². The molecule has 0 aliphatic carbocycles. The molecule has 0 spiro atoms. The molecule has 1 nitrogen and oxygen atoms in total. The lowest BCUT2D eigenvalue weighted by Gasteiger charge is -2.40. The average Bonchev–Trinajstić information content (AvgIpc) is 2.42. The topological polar surface area (TPSA) is 9.23 Å². The Morgan fingerprint density at radius 1 is 0.400 bits per heavy atom. The van der Waals surface area contributed by atoms with Gasteiger partial charge in [0.15, 0.2) is 0 Å². The number of hydrogen-bond acceptors (Lipinski definition) is 1. The van der Waals surface area contributed by atoms with Gasteiger partial charge in [-0.1, -0.05) is 0 Å². The summed E-state index contributed by atoms with van der Waals surface area (Å²) in [5.41, 5.74) is -8.51. The van der Waals surface area contributed by atoms with Gasteiger partial charge in [-0.05, 0) is 0 Å². The Morgan fingerprint density at radius 3 is 0.967 bits per heavy atom. The van der Waals surface area contributed by atoms with E-state index >= 15 is 0 Å². The fourth-order valence-corrected chi connectivity index (χ4v) is 2.32. The van der Waals surface area contributed by atoms with Crippen LogP contribution in [0.3, 0.4) is 0 Å². The van der Waals surface area contributed by atoms with Crippen LogP contribution < -0.4 is 0 Å². The molecule has 0 aromatic heterocycles. The highest BCUT2D eigenvalue weighted by Gasteiger charge is 2.95. The molecule has 0 atom stereocenters. The lowest BCUT2D eigenvalue weighted by Crippen LogP contribution is -2.74. The third kappa shape index (κ3) is 3.87. The monoisotopic (exact) mass is 520 g/mol. The van der Waals surface area contributed by atoms with Crippen molar-refractivity contribution in [3.63, 3.8) is 0 Å². The zero-order chi connectivity index (χ0) is 25.2. The lowest BCUT2D eigenvalue weighted by molar-refractivity contribution is -0.437. The van der Waals surface area contributed by atoms with Gasteiger partial charge in [0.2, 0.25) is 0 Å². The minimum absolute atomic E-state index is 1.13. The Hall–Kier alpha value is -1.22. The van der Waals surface area contributed by atoms with Crippen molar-refractivity contribution in [3.05, 3.63) is 0 Å². The molecule has 182 valence electrons. The van der Waals surface area contributed by atoms with Crippen molar-refractivity contribution in [2.24, 2.45) is 0 Å². The van der Waals surface area contributed by atoms with Crippen LogP contribution in [0.2, 0.25) is 0 Å². The number of rotatable bonds is 7.